The minimum Gasteiger partial charge on any atom is -0.376 e. The molecule has 6 heteroatoms. The summed E-state index contributed by atoms with van der Waals surface area (Å²) >= 11 is 18.0. The Balaban J connectivity index is 1.97. The fourth-order valence-electron chi connectivity index (χ4n) is 1.69. The first-order valence-electron chi connectivity index (χ1n) is 6.21. The number of halogens is 3. The van der Waals surface area contributed by atoms with Crippen molar-refractivity contribution in [3.05, 3.63) is 57.0 Å². The number of aryl methyl sites for hydroxylation is 1. The molecule has 0 aliphatic heterocycles. The van der Waals surface area contributed by atoms with Gasteiger partial charge in [0.05, 0.1) is 22.3 Å². The molecule has 2 N–H and O–H groups in total. The van der Waals surface area contributed by atoms with Gasteiger partial charge in [-0.05, 0) is 36.8 Å². The maximum absolute atomic E-state index is 11.9. The topological polar surface area (TPSA) is 41.1 Å². The summed E-state index contributed by atoms with van der Waals surface area (Å²) in [5.41, 5.74) is 2.16. The van der Waals surface area contributed by atoms with E-state index in [1.807, 2.05) is 19.1 Å². The molecule has 0 aliphatic rings. The second-order valence-electron chi connectivity index (χ2n) is 4.46. The Kier molecular flexibility index (Phi) is 5.34. The van der Waals surface area contributed by atoms with Gasteiger partial charge in [-0.2, -0.15) is 0 Å². The van der Waals surface area contributed by atoms with E-state index in [1.54, 1.807) is 24.3 Å². The molecule has 0 unspecified atom stereocenters. The number of benzene rings is 2. The van der Waals surface area contributed by atoms with Gasteiger partial charge in [0.15, 0.2) is 0 Å². The van der Waals surface area contributed by atoms with E-state index in [9.17, 15) is 4.79 Å². The number of carbonyl (C=O) groups is 1. The number of nitrogens with one attached hydrogen (secondary N) is 2. The van der Waals surface area contributed by atoms with Crippen LogP contribution in [0.25, 0.3) is 0 Å². The normalized spacial score (nSPS) is 10.3. The molecule has 0 radical (unpaired) electrons. The molecule has 0 aliphatic carbocycles. The third kappa shape index (κ3) is 4.27. The first kappa shape index (κ1) is 16.0. The van der Waals surface area contributed by atoms with E-state index < -0.39 is 0 Å². The van der Waals surface area contributed by atoms with Gasteiger partial charge >= 0.3 is 0 Å². The molecular formula is C15H13Cl3N2O. The zero-order valence-corrected chi connectivity index (χ0v) is 13.5. The fourth-order valence-corrected chi connectivity index (χ4v) is 2.36. The number of amides is 1. The Hall–Kier alpha value is -1.42. The predicted molar refractivity (Wildman–Crippen MR) is 89.8 cm³/mol. The number of anilines is 2. The van der Waals surface area contributed by atoms with Gasteiger partial charge in [-0.1, -0.05) is 46.9 Å². The molecule has 0 saturated heterocycles. The standard InChI is InChI=1S/C15H13Cl3N2O/c1-9-5-6-10(7-13(9)18)19-8-14(21)20-15-11(16)3-2-4-12(15)17/h2-7,19H,8H2,1H3,(H,20,21). The maximum atomic E-state index is 11.9. The lowest BCUT2D eigenvalue weighted by Crippen LogP contribution is -2.22. The van der Waals surface area contributed by atoms with Crippen LogP contribution in [0.4, 0.5) is 11.4 Å². The van der Waals surface area contributed by atoms with Crippen LogP contribution in [-0.2, 0) is 4.79 Å². The quantitative estimate of drug-likeness (QED) is 0.819. The molecule has 2 rings (SSSR count). The van der Waals surface area contributed by atoms with Gasteiger partial charge in [-0.3, -0.25) is 4.79 Å². The van der Waals surface area contributed by atoms with Crippen molar-refractivity contribution < 1.29 is 4.79 Å². The molecule has 3 nitrogen and oxygen atoms in total. The zero-order chi connectivity index (χ0) is 15.4. The minimum atomic E-state index is -0.248. The van der Waals surface area contributed by atoms with Crippen molar-refractivity contribution in [2.45, 2.75) is 6.92 Å². The molecule has 0 heterocycles. The van der Waals surface area contributed by atoms with Gasteiger partial charge < -0.3 is 10.6 Å². The van der Waals surface area contributed by atoms with E-state index in [2.05, 4.69) is 10.6 Å². The van der Waals surface area contributed by atoms with Crippen molar-refractivity contribution in [3.63, 3.8) is 0 Å². The lowest BCUT2D eigenvalue weighted by atomic mass is 10.2. The Morgan fingerprint density at radius 2 is 1.71 bits per heavy atom. The Bertz CT molecular complexity index is 654. The fraction of sp³-hybridized carbons (Fsp3) is 0.133. The maximum Gasteiger partial charge on any atom is 0.243 e. The lowest BCUT2D eigenvalue weighted by molar-refractivity contribution is -0.114. The van der Waals surface area contributed by atoms with E-state index in [-0.39, 0.29) is 12.5 Å². The van der Waals surface area contributed by atoms with Gasteiger partial charge in [-0.25, -0.2) is 0 Å². The number of rotatable bonds is 4. The second kappa shape index (κ2) is 7.03. The van der Waals surface area contributed by atoms with Gasteiger partial charge in [0.1, 0.15) is 0 Å². The average Bonchev–Trinajstić information content (AvgIpc) is 2.44. The molecule has 0 fully saturated rings. The number of hydrogen-bond acceptors (Lipinski definition) is 2. The molecule has 0 aromatic heterocycles. The van der Waals surface area contributed by atoms with Crippen LogP contribution in [0, 0.1) is 6.92 Å². The van der Waals surface area contributed by atoms with Gasteiger partial charge in [0.2, 0.25) is 5.91 Å². The zero-order valence-electron chi connectivity index (χ0n) is 11.2. The van der Waals surface area contributed by atoms with E-state index in [4.69, 9.17) is 34.8 Å². The predicted octanol–water partition coefficient (Wildman–Crippen LogP) is 5.01. The van der Waals surface area contributed by atoms with Gasteiger partial charge in [-0.15, -0.1) is 0 Å². The molecule has 2 aromatic carbocycles. The van der Waals surface area contributed by atoms with E-state index >= 15 is 0 Å². The van der Waals surface area contributed by atoms with Crippen molar-refractivity contribution in [3.8, 4) is 0 Å². The van der Waals surface area contributed by atoms with Crippen molar-refractivity contribution in [2.75, 3.05) is 17.2 Å². The molecule has 0 spiro atoms. The molecule has 0 saturated carbocycles. The summed E-state index contributed by atoms with van der Waals surface area (Å²) in [6.45, 7) is 2.00. The monoisotopic (exact) mass is 342 g/mol. The van der Waals surface area contributed by atoms with Crippen LogP contribution >= 0.6 is 34.8 Å². The Labute approximate surface area is 138 Å². The summed E-state index contributed by atoms with van der Waals surface area (Å²) < 4.78 is 0. The van der Waals surface area contributed by atoms with E-state index in [0.29, 0.717) is 20.8 Å². The third-order valence-corrected chi connectivity index (χ3v) is 3.89. The second-order valence-corrected chi connectivity index (χ2v) is 5.68. The number of hydrogen-bond donors (Lipinski definition) is 2. The lowest BCUT2D eigenvalue weighted by Gasteiger charge is -2.11. The van der Waals surface area contributed by atoms with Crippen LogP contribution in [-0.4, -0.2) is 12.5 Å². The smallest absolute Gasteiger partial charge is 0.243 e. The summed E-state index contributed by atoms with van der Waals surface area (Å²) in [5, 5.41) is 7.11. The van der Waals surface area contributed by atoms with Crippen molar-refractivity contribution in [1.29, 1.82) is 0 Å². The summed E-state index contributed by atoms with van der Waals surface area (Å²) in [5.74, 6) is -0.248. The molecule has 2 aromatic rings. The third-order valence-electron chi connectivity index (χ3n) is 2.85. The highest BCUT2D eigenvalue weighted by Crippen LogP contribution is 2.29. The van der Waals surface area contributed by atoms with Gasteiger partial charge in [0.25, 0.3) is 0 Å². The summed E-state index contributed by atoms with van der Waals surface area (Å²) in [6.07, 6.45) is 0. The molecule has 21 heavy (non-hydrogen) atoms. The van der Waals surface area contributed by atoms with E-state index in [0.717, 1.165) is 11.3 Å². The van der Waals surface area contributed by atoms with Crippen molar-refractivity contribution in [2.24, 2.45) is 0 Å². The Morgan fingerprint density at radius 3 is 2.33 bits per heavy atom. The first-order chi connectivity index (χ1) is 9.97. The van der Waals surface area contributed by atoms with Crippen LogP contribution in [0.15, 0.2) is 36.4 Å². The highest BCUT2D eigenvalue weighted by Gasteiger charge is 2.09. The van der Waals surface area contributed by atoms with Crippen LogP contribution < -0.4 is 10.6 Å². The molecule has 0 atom stereocenters. The summed E-state index contributed by atoms with van der Waals surface area (Å²) in [6, 6.07) is 10.6. The molecule has 1 amide bonds. The van der Waals surface area contributed by atoms with Crippen LogP contribution in [0.3, 0.4) is 0 Å². The SMILES string of the molecule is Cc1ccc(NCC(=O)Nc2c(Cl)cccc2Cl)cc1Cl. The van der Waals surface area contributed by atoms with Crippen molar-refractivity contribution >= 4 is 52.1 Å². The van der Waals surface area contributed by atoms with Crippen LogP contribution in [0.2, 0.25) is 15.1 Å². The minimum absolute atomic E-state index is 0.0843. The van der Waals surface area contributed by atoms with Crippen LogP contribution in [0.1, 0.15) is 5.56 Å². The highest BCUT2D eigenvalue weighted by atomic mass is 35.5. The first-order valence-corrected chi connectivity index (χ1v) is 7.34. The molecular weight excluding hydrogens is 331 g/mol. The number of para-hydroxylation sites is 1. The largest absolute Gasteiger partial charge is 0.376 e. The van der Waals surface area contributed by atoms with E-state index in [1.165, 1.54) is 0 Å². The highest BCUT2D eigenvalue weighted by molar-refractivity contribution is 6.39. The molecule has 110 valence electrons. The van der Waals surface area contributed by atoms with Crippen LogP contribution in [0.5, 0.6) is 0 Å². The molecule has 0 bridgehead atoms. The summed E-state index contributed by atoms with van der Waals surface area (Å²) in [4.78, 5) is 11.9. The average molecular weight is 344 g/mol. The van der Waals surface area contributed by atoms with Gasteiger partial charge in [0, 0.05) is 10.7 Å². The van der Waals surface area contributed by atoms with Crippen molar-refractivity contribution in [1.82, 2.24) is 0 Å². The Morgan fingerprint density at radius 1 is 1.05 bits per heavy atom. The summed E-state index contributed by atoms with van der Waals surface area (Å²) in [7, 11) is 0. The number of carbonyl (C=O) groups excluding carboxylic acids is 1.